The summed E-state index contributed by atoms with van der Waals surface area (Å²) in [6, 6.07) is 0. The molecule has 6 heavy (non-hydrogen) atoms. The Kier molecular flexibility index (Phi) is 4.12. The minimum absolute atomic E-state index is 1.00. The van der Waals surface area contributed by atoms with E-state index >= 15 is 0 Å². The van der Waals surface area contributed by atoms with Crippen molar-refractivity contribution in [2.24, 2.45) is 5.73 Å². The summed E-state index contributed by atoms with van der Waals surface area (Å²) in [4.78, 5) is 0. The molecule has 2 nitrogen and oxygen atoms in total. The highest BCUT2D eigenvalue weighted by atomic mass is 16.6. The number of rotatable bonds is 0. The Hall–Kier alpha value is -0.500. The zero-order valence-corrected chi connectivity index (χ0v) is 3.68. The fourth-order valence-electron chi connectivity index (χ4n) is 0. The maximum Gasteiger partial charge on any atom is 0.0701 e. The lowest BCUT2D eigenvalue weighted by Gasteiger charge is -1.40. The highest BCUT2D eigenvalue weighted by Gasteiger charge is 1.94. The van der Waals surface area contributed by atoms with E-state index in [2.05, 4.69) is 17.0 Å². The second kappa shape index (κ2) is 4.50. The van der Waals surface area contributed by atoms with Crippen LogP contribution >= 0.6 is 0 Å². The summed E-state index contributed by atoms with van der Waals surface area (Å²) in [5.74, 6) is 0. The van der Waals surface area contributed by atoms with Gasteiger partial charge in [-0.3, -0.25) is 0 Å². The second-order valence-corrected chi connectivity index (χ2v) is 0.848. The summed E-state index contributed by atoms with van der Waals surface area (Å²) in [7, 11) is 0. The van der Waals surface area contributed by atoms with E-state index in [0.717, 1.165) is 13.2 Å². The van der Waals surface area contributed by atoms with Crippen LogP contribution in [0.4, 0.5) is 0 Å². The van der Waals surface area contributed by atoms with Gasteiger partial charge in [-0.25, -0.2) is 0 Å². The van der Waals surface area contributed by atoms with Crippen LogP contribution in [0, 0.1) is 0 Å². The average molecular weight is 87.1 g/mol. The van der Waals surface area contributed by atoms with Crippen LogP contribution in [0.25, 0.3) is 0 Å². The Morgan fingerprint density at radius 2 is 1.83 bits per heavy atom. The van der Waals surface area contributed by atoms with Gasteiger partial charge >= 0.3 is 0 Å². The van der Waals surface area contributed by atoms with Crippen molar-refractivity contribution >= 4 is 0 Å². The molecular formula is C4H9NO. The van der Waals surface area contributed by atoms with Crippen LogP contribution in [-0.2, 0) is 4.74 Å². The molecule has 0 aromatic rings. The summed E-state index contributed by atoms with van der Waals surface area (Å²) in [6.07, 6.45) is 1.25. The highest BCUT2D eigenvalue weighted by molar-refractivity contribution is 4.48. The zero-order valence-electron chi connectivity index (χ0n) is 3.68. The third-order valence-electron chi connectivity index (χ3n) is 0.204. The summed E-state index contributed by atoms with van der Waals surface area (Å²) in [6.45, 7) is 5.14. The molecule has 0 amide bonds. The Bertz CT molecular complexity index is 31.8. The van der Waals surface area contributed by atoms with E-state index in [1.807, 2.05) is 0 Å². The molecule has 0 aromatic heterocycles. The van der Waals surface area contributed by atoms with Gasteiger partial charge in [-0.15, -0.1) is 0 Å². The van der Waals surface area contributed by atoms with E-state index in [4.69, 9.17) is 0 Å². The van der Waals surface area contributed by atoms with E-state index in [1.54, 1.807) is 0 Å². The van der Waals surface area contributed by atoms with Gasteiger partial charge in [0.25, 0.3) is 0 Å². The van der Waals surface area contributed by atoms with Gasteiger partial charge in [-0.05, 0) is 6.20 Å². The van der Waals surface area contributed by atoms with Gasteiger partial charge in [-0.2, -0.15) is 0 Å². The first-order chi connectivity index (χ1) is 2.91. The molecule has 1 aliphatic rings. The predicted molar refractivity (Wildman–Crippen MR) is 25.2 cm³/mol. The van der Waals surface area contributed by atoms with Crippen molar-refractivity contribution in [3.8, 4) is 0 Å². The SMILES string of the molecule is C1CO1.C=CN. The lowest BCUT2D eigenvalue weighted by atomic mass is 11.0. The standard InChI is InChI=1S/C2H5N.C2H4O/c1-2-3;1-2-3-1/h2H,1,3H2;1-2H2. The van der Waals surface area contributed by atoms with Crippen molar-refractivity contribution in [3.05, 3.63) is 12.8 Å². The Balaban J connectivity index is 0.0000000833. The first-order valence-electron chi connectivity index (χ1n) is 1.82. The van der Waals surface area contributed by atoms with Crippen molar-refractivity contribution in [2.45, 2.75) is 0 Å². The number of epoxide rings is 1. The molecule has 1 rings (SSSR count). The van der Waals surface area contributed by atoms with Crippen LogP contribution in [-0.4, -0.2) is 13.2 Å². The molecule has 0 aliphatic carbocycles. The topological polar surface area (TPSA) is 38.5 Å². The second-order valence-electron chi connectivity index (χ2n) is 0.848. The molecule has 2 heteroatoms. The smallest absolute Gasteiger partial charge is 0.0701 e. The lowest BCUT2D eigenvalue weighted by molar-refractivity contribution is 0.475. The molecular weight excluding hydrogens is 78.0 g/mol. The van der Waals surface area contributed by atoms with Crippen molar-refractivity contribution in [3.63, 3.8) is 0 Å². The van der Waals surface area contributed by atoms with E-state index in [9.17, 15) is 0 Å². The molecule has 0 aromatic carbocycles. The normalized spacial score (nSPS) is 14.0. The summed E-state index contributed by atoms with van der Waals surface area (Å²) in [5.41, 5.74) is 4.61. The van der Waals surface area contributed by atoms with Crippen molar-refractivity contribution in [2.75, 3.05) is 13.2 Å². The van der Waals surface area contributed by atoms with Gasteiger partial charge in [0.05, 0.1) is 13.2 Å². The first-order valence-corrected chi connectivity index (χ1v) is 1.82. The quantitative estimate of drug-likeness (QED) is 0.426. The molecule has 0 saturated carbocycles. The maximum absolute atomic E-state index is 4.61. The Morgan fingerprint density at radius 3 is 1.83 bits per heavy atom. The van der Waals surface area contributed by atoms with Gasteiger partial charge in [0, 0.05) is 0 Å². The minimum Gasteiger partial charge on any atom is -0.405 e. The molecule has 0 atom stereocenters. The van der Waals surface area contributed by atoms with E-state index in [-0.39, 0.29) is 0 Å². The number of hydrogen-bond donors (Lipinski definition) is 1. The van der Waals surface area contributed by atoms with Crippen molar-refractivity contribution < 1.29 is 4.74 Å². The van der Waals surface area contributed by atoms with Crippen molar-refractivity contribution in [1.29, 1.82) is 0 Å². The molecule has 1 aliphatic heterocycles. The Morgan fingerprint density at radius 1 is 1.67 bits per heavy atom. The first kappa shape index (κ1) is 5.50. The van der Waals surface area contributed by atoms with Gasteiger partial charge < -0.3 is 10.5 Å². The van der Waals surface area contributed by atoms with Gasteiger partial charge in [0.1, 0.15) is 0 Å². The fourth-order valence-corrected chi connectivity index (χ4v) is 0. The lowest BCUT2D eigenvalue weighted by Crippen LogP contribution is -1.67. The molecule has 1 fully saturated rings. The van der Waals surface area contributed by atoms with Crippen LogP contribution in [0.3, 0.4) is 0 Å². The number of hydrogen-bond acceptors (Lipinski definition) is 2. The molecule has 1 saturated heterocycles. The zero-order chi connectivity index (χ0) is 4.83. The third kappa shape index (κ3) is 87.5. The third-order valence-corrected chi connectivity index (χ3v) is 0.204. The van der Waals surface area contributed by atoms with Crippen LogP contribution in [0.5, 0.6) is 0 Å². The fraction of sp³-hybridized carbons (Fsp3) is 0.500. The van der Waals surface area contributed by atoms with E-state index in [1.165, 1.54) is 6.20 Å². The summed E-state index contributed by atoms with van der Waals surface area (Å²) < 4.78 is 4.50. The molecule has 0 bridgehead atoms. The molecule has 1 heterocycles. The number of ether oxygens (including phenoxy) is 1. The average Bonchev–Trinajstić information content (AvgIpc) is 2.11. The van der Waals surface area contributed by atoms with Crippen molar-refractivity contribution in [1.82, 2.24) is 0 Å². The highest BCUT2D eigenvalue weighted by Crippen LogP contribution is 1.84. The predicted octanol–water partition coefficient (Wildman–Crippen LogP) is 0.105. The van der Waals surface area contributed by atoms with Crippen LogP contribution in [0.2, 0.25) is 0 Å². The van der Waals surface area contributed by atoms with Crippen LogP contribution < -0.4 is 5.73 Å². The molecule has 0 spiro atoms. The van der Waals surface area contributed by atoms with E-state index in [0.29, 0.717) is 0 Å². The maximum atomic E-state index is 4.61. The molecule has 0 unspecified atom stereocenters. The molecule has 2 N–H and O–H groups in total. The number of nitrogens with two attached hydrogens (primary N) is 1. The van der Waals surface area contributed by atoms with Crippen LogP contribution in [0.1, 0.15) is 0 Å². The summed E-state index contributed by atoms with van der Waals surface area (Å²) >= 11 is 0. The van der Waals surface area contributed by atoms with Gasteiger partial charge in [-0.1, -0.05) is 6.58 Å². The van der Waals surface area contributed by atoms with Gasteiger partial charge in [0.2, 0.25) is 0 Å². The largest absolute Gasteiger partial charge is 0.405 e. The van der Waals surface area contributed by atoms with Crippen LogP contribution in [0.15, 0.2) is 12.8 Å². The summed E-state index contributed by atoms with van der Waals surface area (Å²) in [5, 5.41) is 0. The Labute approximate surface area is 37.6 Å². The van der Waals surface area contributed by atoms with E-state index < -0.39 is 0 Å². The van der Waals surface area contributed by atoms with Gasteiger partial charge in [0.15, 0.2) is 0 Å². The minimum atomic E-state index is 1.00. The molecule has 36 valence electrons. The molecule has 0 radical (unpaired) electrons. The monoisotopic (exact) mass is 87.1 g/mol.